The van der Waals surface area contributed by atoms with Crippen LogP contribution in [-0.2, 0) is 20.0 Å². The Hall–Kier alpha value is -1.76. The number of hydrogen-bond donors (Lipinski definition) is 0. The molecule has 0 aliphatic rings. The number of nitrogens with zero attached hydrogens (tertiary/aromatic N) is 6. The maximum atomic E-state index is 13.6. The van der Waals surface area contributed by atoms with E-state index >= 15 is 0 Å². The normalized spacial score (nSPS) is 12.9. The van der Waals surface area contributed by atoms with Crippen molar-refractivity contribution in [2.24, 2.45) is 14.1 Å². The zero-order valence-corrected chi connectivity index (χ0v) is 16.5. The molecule has 0 atom stereocenters. The molecule has 3 heterocycles. The predicted octanol–water partition coefficient (Wildman–Crippen LogP) is 4.29. The molecule has 6 nitrogen and oxygen atoms in total. The maximum Gasteiger partial charge on any atom is 0.459 e. The lowest BCUT2D eigenvalue weighted by Gasteiger charge is -2.17. The van der Waals surface area contributed by atoms with E-state index in [9.17, 15) is 22.0 Å². The minimum Gasteiger partial charge on any atom is -0.316 e. The van der Waals surface area contributed by atoms with Crippen molar-refractivity contribution in [2.45, 2.75) is 24.0 Å². The van der Waals surface area contributed by atoms with E-state index in [1.54, 1.807) is 18.7 Å². The van der Waals surface area contributed by atoms with Gasteiger partial charge in [0.2, 0.25) is 0 Å². The summed E-state index contributed by atoms with van der Waals surface area (Å²) in [5.74, 6) is -4.10. The van der Waals surface area contributed by atoms with Gasteiger partial charge in [0.05, 0.1) is 0 Å². The molecular formula is C14H12BrF5N6S. The highest BCUT2D eigenvalue weighted by Gasteiger charge is 2.60. The standard InChI is InChI=1S/C14H12BrF5N6S/c1-4-27-11-8(22-12(15)26(11)3)10-21-6-5-7(13(16,17)14(18,19)20)23-24-9(6)25(10)2/h5H,4H2,1-3H3. The molecule has 0 unspecified atom stereocenters. The second kappa shape index (κ2) is 6.69. The van der Waals surface area contributed by atoms with Gasteiger partial charge in [0.1, 0.15) is 21.9 Å². The van der Waals surface area contributed by atoms with Gasteiger partial charge in [0.25, 0.3) is 0 Å². The molecule has 27 heavy (non-hydrogen) atoms. The first-order valence-electron chi connectivity index (χ1n) is 7.49. The van der Waals surface area contributed by atoms with E-state index in [2.05, 4.69) is 36.1 Å². The van der Waals surface area contributed by atoms with Gasteiger partial charge in [-0.3, -0.25) is 0 Å². The monoisotopic (exact) mass is 470 g/mol. The van der Waals surface area contributed by atoms with Gasteiger partial charge in [-0.25, -0.2) is 9.97 Å². The lowest BCUT2D eigenvalue weighted by molar-refractivity contribution is -0.291. The minimum absolute atomic E-state index is 0.0703. The topological polar surface area (TPSA) is 61.4 Å². The molecular weight excluding hydrogens is 459 g/mol. The Morgan fingerprint density at radius 2 is 1.74 bits per heavy atom. The molecule has 0 N–H and O–H groups in total. The lowest BCUT2D eigenvalue weighted by atomic mass is 10.2. The molecule has 0 bridgehead atoms. The summed E-state index contributed by atoms with van der Waals surface area (Å²) in [4.78, 5) is 8.55. The van der Waals surface area contributed by atoms with Crippen LogP contribution in [0, 0.1) is 0 Å². The highest BCUT2D eigenvalue weighted by Crippen LogP contribution is 2.43. The second-order valence-electron chi connectivity index (χ2n) is 5.53. The van der Waals surface area contributed by atoms with Crippen molar-refractivity contribution in [3.63, 3.8) is 0 Å². The summed E-state index contributed by atoms with van der Waals surface area (Å²) in [6.07, 6.45) is -5.77. The predicted molar refractivity (Wildman–Crippen MR) is 92.6 cm³/mol. The third-order valence-electron chi connectivity index (χ3n) is 3.78. The maximum absolute atomic E-state index is 13.6. The summed E-state index contributed by atoms with van der Waals surface area (Å²) < 4.78 is 68.6. The number of aryl methyl sites for hydroxylation is 1. The highest BCUT2D eigenvalue weighted by atomic mass is 79.9. The molecule has 146 valence electrons. The van der Waals surface area contributed by atoms with Crippen molar-refractivity contribution in [3.8, 4) is 11.5 Å². The van der Waals surface area contributed by atoms with E-state index in [1.807, 2.05) is 6.92 Å². The third-order valence-corrected chi connectivity index (χ3v) is 5.51. The zero-order valence-electron chi connectivity index (χ0n) is 14.1. The lowest BCUT2D eigenvalue weighted by Crippen LogP contribution is -2.34. The second-order valence-corrected chi connectivity index (χ2v) is 7.49. The smallest absolute Gasteiger partial charge is 0.316 e. The van der Waals surface area contributed by atoms with E-state index in [4.69, 9.17) is 0 Å². The summed E-state index contributed by atoms with van der Waals surface area (Å²) in [7, 11) is 3.34. The van der Waals surface area contributed by atoms with Gasteiger partial charge in [-0.05, 0) is 27.7 Å². The Bertz CT molecular complexity index is 1010. The first-order chi connectivity index (χ1) is 12.5. The van der Waals surface area contributed by atoms with Gasteiger partial charge in [0, 0.05) is 14.1 Å². The largest absolute Gasteiger partial charge is 0.459 e. The van der Waals surface area contributed by atoms with Crippen molar-refractivity contribution < 1.29 is 22.0 Å². The van der Waals surface area contributed by atoms with Crippen molar-refractivity contribution in [1.82, 2.24) is 29.3 Å². The molecule has 3 aromatic heterocycles. The summed E-state index contributed by atoms with van der Waals surface area (Å²) >= 11 is 4.80. The number of thioether (sulfide) groups is 1. The van der Waals surface area contributed by atoms with Crippen LogP contribution in [-0.4, -0.2) is 41.2 Å². The number of alkyl halides is 5. The average Bonchev–Trinajstić information content (AvgIpc) is 3.05. The Morgan fingerprint density at radius 1 is 1.07 bits per heavy atom. The van der Waals surface area contributed by atoms with Crippen LogP contribution in [0.2, 0.25) is 0 Å². The van der Waals surface area contributed by atoms with Gasteiger partial charge in [-0.15, -0.1) is 22.0 Å². The van der Waals surface area contributed by atoms with Crippen molar-refractivity contribution in [3.05, 3.63) is 16.5 Å². The fourth-order valence-corrected chi connectivity index (χ4v) is 3.70. The SMILES string of the molecule is CCSc1c(-c2nc3cc(C(F)(F)C(F)(F)F)nnc3n2C)nc(Br)n1C. The summed E-state index contributed by atoms with van der Waals surface area (Å²) in [6.45, 7) is 1.95. The minimum atomic E-state index is -5.77. The van der Waals surface area contributed by atoms with Crippen LogP contribution in [0.15, 0.2) is 15.8 Å². The summed E-state index contributed by atoms with van der Waals surface area (Å²) in [6, 6.07) is 0.601. The summed E-state index contributed by atoms with van der Waals surface area (Å²) in [5.41, 5.74) is -1.10. The van der Waals surface area contributed by atoms with Gasteiger partial charge < -0.3 is 9.13 Å². The molecule has 0 aromatic carbocycles. The number of fused-ring (bicyclic) bond motifs is 1. The number of imidazole rings is 2. The molecule has 0 radical (unpaired) electrons. The molecule has 0 aliphatic carbocycles. The van der Waals surface area contributed by atoms with Crippen LogP contribution in [0.3, 0.4) is 0 Å². The van der Waals surface area contributed by atoms with Gasteiger partial charge in [0.15, 0.2) is 16.2 Å². The number of hydrogen-bond acceptors (Lipinski definition) is 5. The first-order valence-corrected chi connectivity index (χ1v) is 9.27. The number of aromatic nitrogens is 6. The van der Waals surface area contributed by atoms with Crippen molar-refractivity contribution in [2.75, 3.05) is 5.75 Å². The van der Waals surface area contributed by atoms with Crippen molar-refractivity contribution in [1.29, 1.82) is 0 Å². The molecule has 0 amide bonds. The van der Waals surface area contributed by atoms with Crippen LogP contribution >= 0.6 is 27.7 Å². The number of rotatable bonds is 4. The van der Waals surface area contributed by atoms with Crippen LogP contribution in [0.4, 0.5) is 22.0 Å². The van der Waals surface area contributed by atoms with E-state index in [0.29, 0.717) is 16.5 Å². The van der Waals surface area contributed by atoms with Crippen LogP contribution < -0.4 is 0 Å². The molecule has 0 aliphatic heterocycles. The Balaban J connectivity index is 2.18. The highest BCUT2D eigenvalue weighted by molar-refractivity contribution is 9.10. The van der Waals surface area contributed by atoms with Crippen LogP contribution in [0.1, 0.15) is 12.6 Å². The molecule has 3 rings (SSSR count). The van der Waals surface area contributed by atoms with Crippen molar-refractivity contribution >= 4 is 38.9 Å². The Morgan fingerprint density at radius 3 is 2.33 bits per heavy atom. The molecule has 0 saturated heterocycles. The fourth-order valence-electron chi connectivity index (χ4n) is 2.40. The quantitative estimate of drug-likeness (QED) is 0.420. The van der Waals surface area contributed by atoms with Crippen LogP contribution in [0.5, 0.6) is 0 Å². The first kappa shape index (κ1) is 20.0. The van der Waals surface area contributed by atoms with E-state index in [-0.39, 0.29) is 17.0 Å². The van der Waals surface area contributed by atoms with Gasteiger partial charge in [-0.2, -0.15) is 22.0 Å². The summed E-state index contributed by atoms with van der Waals surface area (Å²) in [5, 5.41) is 7.36. The molecule has 3 aromatic rings. The zero-order chi connectivity index (χ0) is 20.1. The molecule has 0 saturated carbocycles. The molecule has 13 heteroatoms. The van der Waals surface area contributed by atoms with E-state index in [0.717, 1.165) is 10.8 Å². The Kier molecular flexibility index (Phi) is 4.95. The fraction of sp³-hybridized carbons (Fsp3) is 0.429. The average molecular weight is 471 g/mol. The molecule has 0 spiro atoms. The van der Waals surface area contributed by atoms with Gasteiger partial charge >= 0.3 is 12.1 Å². The van der Waals surface area contributed by atoms with E-state index in [1.165, 1.54) is 16.3 Å². The molecule has 0 fully saturated rings. The Labute approximate surface area is 162 Å². The third kappa shape index (κ3) is 3.20. The van der Waals surface area contributed by atoms with E-state index < -0.39 is 17.8 Å². The van der Waals surface area contributed by atoms with Gasteiger partial charge in [-0.1, -0.05) is 6.92 Å². The van der Waals surface area contributed by atoms with Crippen LogP contribution in [0.25, 0.3) is 22.7 Å². The number of halogens is 6.